The normalized spacial score (nSPS) is 11.6. The molecule has 112 valence electrons. The first-order valence-electron chi connectivity index (χ1n) is 6.10. The number of nitrogens with two attached hydrogens (primary N) is 1. The Labute approximate surface area is 133 Å². The van der Waals surface area contributed by atoms with Crippen LogP contribution < -0.4 is 10.5 Å². The van der Waals surface area contributed by atoms with E-state index in [1.54, 1.807) is 31.2 Å². The molecule has 0 aliphatic heterocycles. The summed E-state index contributed by atoms with van der Waals surface area (Å²) in [7, 11) is -3.77. The second-order valence-electron chi connectivity index (χ2n) is 4.56. The number of sulfonamides is 1. The van der Waals surface area contributed by atoms with Gasteiger partial charge in [0.05, 0.1) is 5.02 Å². The number of halogens is 2. The first-order chi connectivity index (χ1) is 9.81. The van der Waals surface area contributed by atoms with Crippen molar-refractivity contribution in [1.29, 1.82) is 0 Å². The molecule has 0 bridgehead atoms. The van der Waals surface area contributed by atoms with Gasteiger partial charge in [0.2, 0.25) is 10.0 Å². The van der Waals surface area contributed by atoms with Crippen LogP contribution >= 0.6 is 23.2 Å². The highest BCUT2D eigenvalue weighted by Gasteiger charge is 2.19. The Morgan fingerprint density at radius 1 is 1.14 bits per heavy atom. The lowest BCUT2D eigenvalue weighted by Gasteiger charge is -2.11. The number of nitrogen functional groups attached to an aromatic ring is 1. The van der Waals surface area contributed by atoms with Crippen LogP contribution in [-0.4, -0.2) is 8.42 Å². The van der Waals surface area contributed by atoms with E-state index in [0.717, 1.165) is 5.56 Å². The van der Waals surface area contributed by atoms with Crippen LogP contribution in [0.1, 0.15) is 11.1 Å². The molecule has 0 spiro atoms. The number of hydrogen-bond acceptors (Lipinski definition) is 3. The molecule has 0 heterocycles. The number of benzene rings is 2. The van der Waals surface area contributed by atoms with Crippen molar-refractivity contribution in [1.82, 2.24) is 4.72 Å². The zero-order valence-electron chi connectivity index (χ0n) is 11.2. The molecule has 7 heteroatoms. The Kier molecular flexibility index (Phi) is 4.78. The maximum absolute atomic E-state index is 12.3. The van der Waals surface area contributed by atoms with Gasteiger partial charge in [0.15, 0.2) is 0 Å². The summed E-state index contributed by atoms with van der Waals surface area (Å²) < 4.78 is 27.1. The van der Waals surface area contributed by atoms with Gasteiger partial charge < -0.3 is 5.73 Å². The lowest BCUT2D eigenvalue weighted by Crippen LogP contribution is -2.24. The largest absolute Gasteiger partial charge is 0.398 e. The van der Waals surface area contributed by atoms with E-state index in [9.17, 15) is 8.42 Å². The molecule has 0 fully saturated rings. The second-order valence-corrected chi connectivity index (χ2v) is 7.10. The number of aryl methyl sites for hydroxylation is 1. The predicted octanol–water partition coefficient (Wildman–Crippen LogP) is 3.36. The van der Waals surface area contributed by atoms with Crippen molar-refractivity contribution in [3.05, 3.63) is 57.6 Å². The van der Waals surface area contributed by atoms with Crippen molar-refractivity contribution in [2.45, 2.75) is 18.4 Å². The van der Waals surface area contributed by atoms with E-state index in [1.807, 2.05) is 0 Å². The molecule has 21 heavy (non-hydrogen) atoms. The van der Waals surface area contributed by atoms with Crippen molar-refractivity contribution in [3.63, 3.8) is 0 Å². The first kappa shape index (κ1) is 16.1. The topological polar surface area (TPSA) is 72.2 Å². The fraction of sp³-hybridized carbons (Fsp3) is 0.143. The van der Waals surface area contributed by atoms with Crippen LogP contribution in [0.3, 0.4) is 0 Å². The average molecular weight is 345 g/mol. The molecular formula is C14H14Cl2N2O2S. The summed E-state index contributed by atoms with van der Waals surface area (Å²) in [5.41, 5.74) is 7.52. The summed E-state index contributed by atoms with van der Waals surface area (Å²) in [6, 6.07) is 9.88. The Morgan fingerprint density at radius 2 is 1.81 bits per heavy atom. The highest BCUT2D eigenvalue weighted by Crippen LogP contribution is 2.27. The van der Waals surface area contributed by atoms with Gasteiger partial charge in [-0.05, 0) is 36.2 Å². The van der Waals surface area contributed by atoms with Gasteiger partial charge in [0.25, 0.3) is 0 Å². The molecule has 2 rings (SSSR count). The molecule has 0 amide bonds. The number of nitrogens with one attached hydrogen (secondary N) is 1. The summed E-state index contributed by atoms with van der Waals surface area (Å²) in [6.45, 7) is 1.83. The third kappa shape index (κ3) is 3.68. The predicted molar refractivity (Wildman–Crippen MR) is 86.1 cm³/mol. The van der Waals surface area contributed by atoms with E-state index >= 15 is 0 Å². The highest BCUT2D eigenvalue weighted by molar-refractivity contribution is 7.89. The minimum absolute atomic E-state index is 0.0423. The third-order valence-electron chi connectivity index (χ3n) is 3.02. The Morgan fingerprint density at radius 3 is 2.48 bits per heavy atom. The van der Waals surface area contributed by atoms with E-state index in [1.165, 1.54) is 12.1 Å². The van der Waals surface area contributed by atoms with Crippen LogP contribution in [0.25, 0.3) is 0 Å². The van der Waals surface area contributed by atoms with Crippen LogP contribution in [0.15, 0.2) is 41.3 Å². The Bertz CT molecular complexity index is 777. The lowest BCUT2D eigenvalue weighted by molar-refractivity contribution is 0.581. The van der Waals surface area contributed by atoms with Crippen LogP contribution in [0, 0.1) is 6.92 Å². The van der Waals surface area contributed by atoms with Gasteiger partial charge in [0.1, 0.15) is 4.90 Å². The standard InChI is InChI=1S/C14H14Cl2N2O2S/c1-9-6-12(16)14(7-13(9)17)21(19,20)18-8-10-4-2-3-5-11(10)15/h2-7,18H,8,17H2,1H3. The zero-order chi connectivity index (χ0) is 15.6. The number of rotatable bonds is 4. The molecule has 3 N–H and O–H groups in total. The summed E-state index contributed by atoms with van der Waals surface area (Å²) in [4.78, 5) is -0.0423. The minimum Gasteiger partial charge on any atom is -0.398 e. The minimum atomic E-state index is -3.77. The molecule has 0 saturated heterocycles. The highest BCUT2D eigenvalue weighted by atomic mass is 35.5. The van der Waals surface area contributed by atoms with Gasteiger partial charge in [-0.3, -0.25) is 0 Å². The van der Waals surface area contributed by atoms with E-state index in [0.29, 0.717) is 16.3 Å². The van der Waals surface area contributed by atoms with Crippen LogP contribution in [0.5, 0.6) is 0 Å². The van der Waals surface area contributed by atoms with Crippen molar-refractivity contribution < 1.29 is 8.42 Å². The summed E-state index contributed by atoms with van der Waals surface area (Å²) in [5, 5.41) is 0.628. The molecule has 0 aromatic heterocycles. The first-order valence-corrected chi connectivity index (χ1v) is 8.34. The van der Waals surface area contributed by atoms with Crippen LogP contribution in [0.2, 0.25) is 10.0 Å². The molecule has 4 nitrogen and oxygen atoms in total. The maximum Gasteiger partial charge on any atom is 0.242 e. The Hall–Kier alpha value is -1.27. The van der Waals surface area contributed by atoms with Crippen molar-refractivity contribution in [2.75, 3.05) is 5.73 Å². The monoisotopic (exact) mass is 344 g/mol. The molecule has 2 aromatic carbocycles. The Balaban J connectivity index is 2.27. The quantitative estimate of drug-likeness (QED) is 0.835. The van der Waals surface area contributed by atoms with Gasteiger partial charge >= 0.3 is 0 Å². The van der Waals surface area contributed by atoms with Crippen LogP contribution in [0.4, 0.5) is 5.69 Å². The van der Waals surface area contributed by atoms with Gasteiger partial charge in [-0.15, -0.1) is 0 Å². The summed E-state index contributed by atoms with van der Waals surface area (Å²) in [5.74, 6) is 0. The second kappa shape index (κ2) is 6.23. The fourth-order valence-electron chi connectivity index (χ4n) is 1.77. The SMILES string of the molecule is Cc1cc(Cl)c(S(=O)(=O)NCc2ccccc2Cl)cc1N. The number of hydrogen-bond donors (Lipinski definition) is 2. The van der Waals surface area contributed by atoms with E-state index in [4.69, 9.17) is 28.9 Å². The van der Waals surface area contributed by atoms with Crippen molar-refractivity contribution >= 4 is 38.9 Å². The molecule has 0 unspecified atom stereocenters. The molecule has 0 radical (unpaired) electrons. The van der Waals surface area contributed by atoms with Crippen molar-refractivity contribution in [2.24, 2.45) is 0 Å². The molecule has 2 aromatic rings. The van der Waals surface area contributed by atoms with E-state index in [2.05, 4.69) is 4.72 Å². The maximum atomic E-state index is 12.3. The van der Waals surface area contributed by atoms with Crippen molar-refractivity contribution in [3.8, 4) is 0 Å². The third-order valence-corrected chi connectivity index (χ3v) is 5.26. The van der Waals surface area contributed by atoms with E-state index in [-0.39, 0.29) is 16.5 Å². The molecule has 0 atom stereocenters. The fourth-order valence-corrected chi connectivity index (χ4v) is 3.59. The summed E-state index contributed by atoms with van der Waals surface area (Å²) >= 11 is 12.0. The van der Waals surface area contributed by atoms with Gasteiger partial charge in [0, 0.05) is 17.3 Å². The van der Waals surface area contributed by atoms with Crippen LogP contribution in [-0.2, 0) is 16.6 Å². The number of anilines is 1. The molecule has 0 saturated carbocycles. The zero-order valence-corrected chi connectivity index (χ0v) is 13.6. The summed E-state index contributed by atoms with van der Waals surface area (Å²) in [6.07, 6.45) is 0. The average Bonchev–Trinajstić information content (AvgIpc) is 2.42. The van der Waals surface area contributed by atoms with E-state index < -0.39 is 10.0 Å². The molecular weight excluding hydrogens is 331 g/mol. The smallest absolute Gasteiger partial charge is 0.242 e. The van der Waals surface area contributed by atoms with Gasteiger partial charge in [-0.1, -0.05) is 41.4 Å². The van der Waals surface area contributed by atoms with Gasteiger partial charge in [-0.2, -0.15) is 0 Å². The van der Waals surface area contributed by atoms with Gasteiger partial charge in [-0.25, -0.2) is 13.1 Å². The molecule has 0 aliphatic carbocycles. The molecule has 0 aliphatic rings. The lowest BCUT2D eigenvalue weighted by atomic mass is 10.2.